The monoisotopic (exact) mass is 366 g/mol. The Labute approximate surface area is 150 Å². The van der Waals surface area contributed by atoms with E-state index in [4.69, 9.17) is 9.47 Å². The molecule has 0 spiro atoms. The van der Waals surface area contributed by atoms with Gasteiger partial charge in [0, 0.05) is 13.2 Å². The summed E-state index contributed by atoms with van der Waals surface area (Å²) >= 11 is 0. The fourth-order valence-corrected chi connectivity index (χ4v) is 2.50. The third kappa shape index (κ3) is 5.70. The Bertz CT molecular complexity index is 695. The molecule has 0 bridgehead atoms. The van der Waals surface area contributed by atoms with Crippen molar-refractivity contribution in [3.63, 3.8) is 0 Å². The van der Waals surface area contributed by atoms with Crippen LogP contribution < -0.4 is 14.8 Å². The summed E-state index contributed by atoms with van der Waals surface area (Å²) in [5.74, 6) is -0.521. The van der Waals surface area contributed by atoms with Crippen LogP contribution in [0.15, 0.2) is 23.8 Å². The van der Waals surface area contributed by atoms with Crippen LogP contribution in [0.5, 0.6) is 11.5 Å². The molecule has 0 radical (unpaired) electrons. The Hall–Kier alpha value is -2.66. The van der Waals surface area contributed by atoms with E-state index in [0.717, 1.165) is 12.8 Å². The number of alkyl halides is 2. The molecule has 1 aromatic rings. The van der Waals surface area contributed by atoms with Crippen LogP contribution in [0.25, 0.3) is 6.08 Å². The smallest absolute Gasteiger partial charge is 0.387 e. The van der Waals surface area contributed by atoms with E-state index in [1.807, 2.05) is 6.07 Å². The first-order chi connectivity index (χ1) is 12.5. The molecular formula is C18H20F2N2O4. The largest absolute Gasteiger partial charge is 0.490 e. The Morgan fingerprint density at radius 1 is 1.50 bits per heavy atom. The number of nitrogens with zero attached hydrogens (tertiary/aromatic N) is 1. The van der Waals surface area contributed by atoms with E-state index in [-0.39, 0.29) is 29.8 Å². The molecule has 0 saturated carbocycles. The standard InChI is InChI=1S/C18H20F2N2O4/c1-2-24-16-9-12(5-6-15(16)26-18(19)20)8-13(10-21)17(23)22-11-14-4-3-7-25-14/h5-6,8-9,14,18H,2-4,7,11H2,1H3,(H,22,23)/b13-8+/t14-/m0/s1. The highest BCUT2D eigenvalue weighted by molar-refractivity contribution is 6.01. The molecule has 1 aliphatic rings. The van der Waals surface area contributed by atoms with Crippen molar-refractivity contribution in [2.45, 2.75) is 32.5 Å². The van der Waals surface area contributed by atoms with Crippen LogP contribution in [0.2, 0.25) is 0 Å². The summed E-state index contributed by atoms with van der Waals surface area (Å²) in [6.45, 7) is -0.0140. The Morgan fingerprint density at radius 3 is 2.92 bits per heavy atom. The third-order valence-corrected chi connectivity index (χ3v) is 3.67. The van der Waals surface area contributed by atoms with Crippen LogP contribution in [0.4, 0.5) is 8.78 Å². The highest BCUT2D eigenvalue weighted by Crippen LogP contribution is 2.30. The van der Waals surface area contributed by atoms with Crippen molar-refractivity contribution in [3.8, 4) is 17.6 Å². The summed E-state index contributed by atoms with van der Waals surface area (Å²) in [7, 11) is 0. The van der Waals surface area contributed by atoms with Crippen molar-refractivity contribution < 1.29 is 27.8 Å². The Kier molecular flexibility index (Phi) is 7.36. The second-order valence-corrected chi connectivity index (χ2v) is 5.53. The summed E-state index contributed by atoms with van der Waals surface area (Å²) in [4.78, 5) is 12.1. The maximum Gasteiger partial charge on any atom is 0.387 e. The number of ether oxygens (including phenoxy) is 3. The van der Waals surface area contributed by atoms with E-state index in [2.05, 4.69) is 10.1 Å². The summed E-state index contributed by atoms with van der Waals surface area (Å²) in [5, 5.41) is 11.9. The minimum absolute atomic E-state index is 0.0331. The number of benzene rings is 1. The van der Waals surface area contributed by atoms with Gasteiger partial charge in [0.1, 0.15) is 11.6 Å². The van der Waals surface area contributed by atoms with Gasteiger partial charge < -0.3 is 19.5 Å². The average molecular weight is 366 g/mol. The lowest BCUT2D eigenvalue weighted by Crippen LogP contribution is -2.32. The zero-order chi connectivity index (χ0) is 18.9. The third-order valence-electron chi connectivity index (χ3n) is 3.67. The maximum absolute atomic E-state index is 12.4. The number of rotatable bonds is 8. The molecular weight excluding hydrogens is 346 g/mol. The van der Waals surface area contributed by atoms with Gasteiger partial charge in [-0.3, -0.25) is 4.79 Å². The first kappa shape index (κ1) is 19.7. The number of nitriles is 1. The van der Waals surface area contributed by atoms with Crippen molar-refractivity contribution in [1.29, 1.82) is 5.26 Å². The normalized spacial score (nSPS) is 17.0. The molecule has 1 heterocycles. The van der Waals surface area contributed by atoms with Gasteiger partial charge in [-0.05, 0) is 43.5 Å². The van der Waals surface area contributed by atoms with Crippen molar-refractivity contribution >= 4 is 12.0 Å². The minimum Gasteiger partial charge on any atom is -0.490 e. The van der Waals surface area contributed by atoms with Gasteiger partial charge in [-0.1, -0.05) is 6.07 Å². The van der Waals surface area contributed by atoms with Crippen LogP contribution in [0.1, 0.15) is 25.3 Å². The SMILES string of the molecule is CCOc1cc(/C=C(\C#N)C(=O)NC[C@@H]2CCCO2)ccc1OC(F)F. The molecule has 2 rings (SSSR count). The molecule has 1 N–H and O–H groups in total. The highest BCUT2D eigenvalue weighted by atomic mass is 19.3. The lowest BCUT2D eigenvalue weighted by molar-refractivity contribution is -0.117. The fourth-order valence-electron chi connectivity index (χ4n) is 2.50. The van der Waals surface area contributed by atoms with Crippen LogP contribution in [-0.4, -0.2) is 38.4 Å². The summed E-state index contributed by atoms with van der Waals surface area (Å²) in [6.07, 6.45) is 3.15. The number of nitrogens with one attached hydrogen (secondary N) is 1. The zero-order valence-electron chi connectivity index (χ0n) is 14.3. The van der Waals surface area contributed by atoms with E-state index in [9.17, 15) is 18.8 Å². The van der Waals surface area contributed by atoms with Crippen LogP contribution in [0.3, 0.4) is 0 Å². The van der Waals surface area contributed by atoms with Crippen molar-refractivity contribution in [3.05, 3.63) is 29.3 Å². The van der Waals surface area contributed by atoms with E-state index in [1.165, 1.54) is 24.3 Å². The summed E-state index contributed by atoms with van der Waals surface area (Å²) in [5.41, 5.74) is 0.354. The molecule has 1 fully saturated rings. The van der Waals surface area contributed by atoms with Crippen LogP contribution in [-0.2, 0) is 9.53 Å². The number of hydrogen-bond acceptors (Lipinski definition) is 5. The van der Waals surface area contributed by atoms with Gasteiger partial charge in [0.05, 0.1) is 12.7 Å². The molecule has 0 unspecified atom stereocenters. The maximum atomic E-state index is 12.4. The number of halogens is 2. The molecule has 140 valence electrons. The number of amides is 1. The molecule has 26 heavy (non-hydrogen) atoms. The molecule has 1 aliphatic heterocycles. The molecule has 0 aliphatic carbocycles. The molecule has 1 aromatic carbocycles. The second-order valence-electron chi connectivity index (χ2n) is 5.53. The molecule has 0 aromatic heterocycles. The number of hydrogen-bond donors (Lipinski definition) is 1. The number of carbonyl (C=O) groups excluding carboxylic acids is 1. The van der Waals surface area contributed by atoms with Gasteiger partial charge in [0.25, 0.3) is 5.91 Å². The predicted molar refractivity (Wildman–Crippen MR) is 89.8 cm³/mol. The van der Waals surface area contributed by atoms with E-state index >= 15 is 0 Å². The van der Waals surface area contributed by atoms with Gasteiger partial charge in [-0.15, -0.1) is 0 Å². The van der Waals surface area contributed by atoms with Crippen molar-refractivity contribution in [1.82, 2.24) is 5.32 Å². The van der Waals surface area contributed by atoms with Gasteiger partial charge in [0.15, 0.2) is 11.5 Å². The van der Waals surface area contributed by atoms with Crippen molar-refractivity contribution in [2.24, 2.45) is 0 Å². The second kappa shape index (κ2) is 9.73. The van der Waals surface area contributed by atoms with Gasteiger partial charge in [-0.2, -0.15) is 14.0 Å². The molecule has 6 nitrogen and oxygen atoms in total. The first-order valence-corrected chi connectivity index (χ1v) is 8.26. The Balaban J connectivity index is 2.12. The highest BCUT2D eigenvalue weighted by Gasteiger charge is 2.18. The zero-order valence-corrected chi connectivity index (χ0v) is 14.3. The van der Waals surface area contributed by atoms with E-state index in [1.54, 1.807) is 6.92 Å². The van der Waals surface area contributed by atoms with Gasteiger partial charge >= 0.3 is 6.61 Å². The fraction of sp³-hybridized carbons (Fsp3) is 0.444. The molecule has 8 heteroatoms. The van der Waals surface area contributed by atoms with Crippen LogP contribution in [0, 0.1) is 11.3 Å². The predicted octanol–water partition coefficient (Wildman–Crippen LogP) is 2.89. The lowest BCUT2D eigenvalue weighted by Gasteiger charge is -2.12. The van der Waals surface area contributed by atoms with E-state index in [0.29, 0.717) is 18.7 Å². The molecule has 1 saturated heterocycles. The van der Waals surface area contributed by atoms with Gasteiger partial charge in [-0.25, -0.2) is 0 Å². The quantitative estimate of drug-likeness (QED) is 0.565. The summed E-state index contributed by atoms with van der Waals surface area (Å²) < 4.78 is 39.9. The average Bonchev–Trinajstić information content (AvgIpc) is 3.13. The summed E-state index contributed by atoms with van der Waals surface area (Å²) in [6, 6.07) is 6.05. The molecule has 1 amide bonds. The number of carbonyl (C=O) groups is 1. The van der Waals surface area contributed by atoms with Gasteiger partial charge in [0.2, 0.25) is 0 Å². The van der Waals surface area contributed by atoms with E-state index < -0.39 is 12.5 Å². The topological polar surface area (TPSA) is 80.6 Å². The Morgan fingerprint density at radius 2 is 2.31 bits per heavy atom. The first-order valence-electron chi connectivity index (χ1n) is 8.26. The minimum atomic E-state index is -2.98. The van der Waals surface area contributed by atoms with Crippen molar-refractivity contribution in [2.75, 3.05) is 19.8 Å². The lowest BCUT2D eigenvalue weighted by atomic mass is 10.1. The molecule has 1 atom stereocenters. The van der Waals surface area contributed by atoms with Crippen LogP contribution >= 0.6 is 0 Å².